The van der Waals surface area contributed by atoms with Gasteiger partial charge in [-0.05, 0) is 42.3 Å². The number of hydrogen-bond acceptors (Lipinski definition) is 2. The van der Waals surface area contributed by atoms with E-state index >= 15 is 0 Å². The molecule has 25 heavy (non-hydrogen) atoms. The summed E-state index contributed by atoms with van der Waals surface area (Å²) in [7, 11) is 0. The molecule has 0 radical (unpaired) electrons. The first kappa shape index (κ1) is 19.2. The van der Waals surface area contributed by atoms with E-state index in [1.165, 1.54) is 19.1 Å². The van der Waals surface area contributed by atoms with Crippen molar-refractivity contribution < 1.29 is 14.0 Å². The summed E-state index contributed by atoms with van der Waals surface area (Å²) in [5.74, 6) is -0.978. The van der Waals surface area contributed by atoms with Gasteiger partial charge >= 0.3 is 0 Å². The van der Waals surface area contributed by atoms with Crippen molar-refractivity contribution in [3.8, 4) is 0 Å². The molecule has 0 aliphatic carbocycles. The molecule has 7 heteroatoms. The number of carbonyl (C=O) groups is 2. The highest BCUT2D eigenvalue weighted by molar-refractivity contribution is 6.35. The Hall–Kier alpha value is -2.11. The fourth-order valence-electron chi connectivity index (χ4n) is 2.33. The van der Waals surface area contributed by atoms with Crippen LogP contribution in [-0.4, -0.2) is 11.8 Å². The lowest BCUT2D eigenvalue weighted by Crippen LogP contribution is -2.28. The van der Waals surface area contributed by atoms with Crippen LogP contribution in [0.25, 0.3) is 0 Å². The third-order valence-electron chi connectivity index (χ3n) is 3.52. The second-order valence-corrected chi connectivity index (χ2v) is 6.45. The molecule has 0 aliphatic rings. The normalized spacial score (nSPS) is 11.7. The van der Waals surface area contributed by atoms with Crippen LogP contribution in [0.4, 0.5) is 10.1 Å². The number of carbonyl (C=O) groups excluding carboxylic acids is 2. The zero-order valence-electron chi connectivity index (χ0n) is 13.7. The zero-order valence-corrected chi connectivity index (χ0v) is 15.2. The van der Waals surface area contributed by atoms with Crippen molar-refractivity contribution in [2.45, 2.75) is 26.3 Å². The first-order valence-corrected chi connectivity index (χ1v) is 8.32. The molecule has 2 aromatic rings. The highest BCUT2D eigenvalue weighted by atomic mass is 35.5. The van der Waals surface area contributed by atoms with Gasteiger partial charge in [-0.25, -0.2) is 4.39 Å². The number of rotatable bonds is 5. The van der Waals surface area contributed by atoms with Crippen LogP contribution in [0.5, 0.6) is 0 Å². The molecule has 0 saturated carbocycles. The summed E-state index contributed by atoms with van der Waals surface area (Å²) in [6.45, 7) is 3.14. The van der Waals surface area contributed by atoms with Gasteiger partial charge in [-0.1, -0.05) is 35.3 Å². The predicted molar refractivity (Wildman–Crippen MR) is 97.4 cm³/mol. The first-order chi connectivity index (χ1) is 11.8. The van der Waals surface area contributed by atoms with Crippen molar-refractivity contribution >= 4 is 40.7 Å². The maximum Gasteiger partial charge on any atom is 0.224 e. The lowest BCUT2D eigenvalue weighted by molar-refractivity contribution is -0.121. The van der Waals surface area contributed by atoms with Gasteiger partial charge in [0.25, 0.3) is 0 Å². The molecule has 0 fully saturated rings. The van der Waals surface area contributed by atoms with E-state index in [2.05, 4.69) is 10.6 Å². The third kappa shape index (κ3) is 5.44. The molecule has 0 bridgehead atoms. The van der Waals surface area contributed by atoms with Gasteiger partial charge < -0.3 is 10.6 Å². The largest absolute Gasteiger partial charge is 0.349 e. The molecule has 0 aliphatic heterocycles. The monoisotopic (exact) mass is 382 g/mol. The van der Waals surface area contributed by atoms with Crippen molar-refractivity contribution in [1.29, 1.82) is 0 Å². The van der Waals surface area contributed by atoms with Gasteiger partial charge in [0.2, 0.25) is 11.8 Å². The molecule has 132 valence electrons. The van der Waals surface area contributed by atoms with Crippen LogP contribution in [0, 0.1) is 5.82 Å². The van der Waals surface area contributed by atoms with Crippen LogP contribution in [0.15, 0.2) is 36.4 Å². The van der Waals surface area contributed by atoms with Gasteiger partial charge in [-0.15, -0.1) is 0 Å². The Morgan fingerprint density at radius 3 is 2.36 bits per heavy atom. The van der Waals surface area contributed by atoms with E-state index < -0.39 is 11.9 Å². The van der Waals surface area contributed by atoms with E-state index in [4.69, 9.17) is 23.2 Å². The van der Waals surface area contributed by atoms with E-state index in [1.54, 1.807) is 31.2 Å². The average Bonchev–Trinajstić information content (AvgIpc) is 2.52. The topological polar surface area (TPSA) is 58.2 Å². The molecular weight excluding hydrogens is 366 g/mol. The van der Waals surface area contributed by atoms with Crippen molar-refractivity contribution in [3.05, 3.63) is 63.4 Å². The van der Waals surface area contributed by atoms with E-state index in [0.29, 0.717) is 16.3 Å². The Kier molecular flexibility index (Phi) is 6.39. The standard InChI is InChI=1S/C18H17Cl2FN2O2/c1-10(14-8-17(21)16(20)9-15(14)19)22-18(25)7-12-3-5-13(6-4-12)23-11(2)24/h3-6,8-10H,7H2,1-2H3,(H,22,25)(H,23,24)/t10-/m0/s1. The highest BCUT2D eigenvalue weighted by Crippen LogP contribution is 2.28. The summed E-state index contributed by atoms with van der Waals surface area (Å²) < 4.78 is 13.6. The number of amides is 2. The number of hydrogen-bond donors (Lipinski definition) is 2. The number of benzene rings is 2. The summed E-state index contributed by atoms with van der Waals surface area (Å²) in [5, 5.41) is 5.66. The molecular formula is C18H17Cl2FN2O2. The van der Waals surface area contributed by atoms with E-state index in [9.17, 15) is 14.0 Å². The van der Waals surface area contributed by atoms with Crippen LogP contribution < -0.4 is 10.6 Å². The van der Waals surface area contributed by atoms with Gasteiger partial charge in [0.05, 0.1) is 17.5 Å². The van der Waals surface area contributed by atoms with Crippen molar-refractivity contribution in [3.63, 3.8) is 0 Å². The van der Waals surface area contributed by atoms with Crippen LogP contribution in [0.1, 0.15) is 31.0 Å². The Bertz CT molecular complexity index is 794. The van der Waals surface area contributed by atoms with Gasteiger partial charge in [-0.3, -0.25) is 9.59 Å². The molecule has 0 heterocycles. The van der Waals surface area contributed by atoms with Gasteiger partial charge in [-0.2, -0.15) is 0 Å². The minimum absolute atomic E-state index is 0.0634. The fraction of sp³-hybridized carbons (Fsp3) is 0.222. The van der Waals surface area contributed by atoms with Crippen LogP contribution >= 0.6 is 23.2 Å². The molecule has 0 aromatic heterocycles. The number of anilines is 1. The molecule has 0 saturated heterocycles. The minimum Gasteiger partial charge on any atom is -0.349 e. The lowest BCUT2D eigenvalue weighted by atomic mass is 10.1. The number of halogens is 3. The molecule has 0 spiro atoms. The lowest BCUT2D eigenvalue weighted by Gasteiger charge is -2.16. The Morgan fingerprint density at radius 1 is 1.12 bits per heavy atom. The fourth-order valence-corrected chi connectivity index (χ4v) is 2.88. The maximum absolute atomic E-state index is 13.6. The molecule has 0 unspecified atom stereocenters. The maximum atomic E-state index is 13.6. The summed E-state index contributed by atoms with van der Waals surface area (Å²) in [4.78, 5) is 23.2. The summed E-state index contributed by atoms with van der Waals surface area (Å²) in [6.07, 6.45) is 0.151. The summed E-state index contributed by atoms with van der Waals surface area (Å²) >= 11 is 11.7. The Labute approximate surface area is 155 Å². The molecule has 1 atom stereocenters. The second-order valence-electron chi connectivity index (χ2n) is 5.63. The predicted octanol–water partition coefficient (Wildman–Crippen LogP) is 4.51. The third-order valence-corrected chi connectivity index (χ3v) is 4.14. The van der Waals surface area contributed by atoms with Crippen molar-refractivity contribution in [2.75, 3.05) is 5.32 Å². The Balaban J connectivity index is 2.00. The summed E-state index contributed by atoms with van der Waals surface area (Å²) in [5.41, 5.74) is 1.90. The number of nitrogens with one attached hydrogen (secondary N) is 2. The van der Waals surface area contributed by atoms with Gasteiger partial charge in [0, 0.05) is 17.6 Å². The molecule has 2 rings (SSSR count). The average molecular weight is 383 g/mol. The van der Waals surface area contributed by atoms with Gasteiger partial charge in [0.1, 0.15) is 5.82 Å². The smallest absolute Gasteiger partial charge is 0.224 e. The van der Waals surface area contributed by atoms with E-state index in [-0.39, 0.29) is 23.3 Å². The summed E-state index contributed by atoms with van der Waals surface area (Å²) in [6, 6.07) is 9.02. The second kappa shape index (κ2) is 8.32. The van der Waals surface area contributed by atoms with Crippen LogP contribution in [0.2, 0.25) is 10.0 Å². The highest BCUT2D eigenvalue weighted by Gasteiger charge is 2.16. The minimum atomic E-state index is -0.587. The quantitative estimate of drug-likeness (QED) is 0.747. The SMILES string of the molecule is CC(=O)Nc1ccc(CC(=O)N[C@@H](C)c2cc(F)c(Cl)cc2Cl)cc1. The van der Waals surface area contributed by atoms with Crippen molar-refractivity contribution in [2.24, 2.45) is 0 Å². The van der Waals surface area contributed by atoms with Gasteiger partial charge in [0.15, 0.2) is 0 Å². The van der Waals surface area contributed by atoms with E-state index in [1.807, 2.05) is 0 Å². The Morgan fingerprint density at radius 2 is 1.76 bits per heavy atom. The van der Waals surface area contributed by atoms with Crippen LogP contribution in [-0.2, 0) is 16.0 Å². The first-order valence-electron chi connectivity index (χ1n) is 7.56. The van der Waals surface area contributed by atoms with Crippen LogP contribution in [0.3, 0.4) is 0 Å². The molecule has 2 N–H and O–H groups in total. The molecule has 4 nitrogen and oxygen atoms in total. The van der Waals surface area contributed by atoms with Crippen molar-refractivity contribution in [1.82, 2.24) is 5.32 Å². The molecule has 2 amide bonds. The molecule has 2 aromatic carbocycles. The zero-order chi connectivity index (χ0) is 18.6. The van der Waals surface area contributed by atoms with E-state index in [0.717, 1.165) is 5.56 Å².